The molecule has 0 aliphatic heterocycles. The monoisotopic (exact) mass is 835 g/mol. The molecule has 0 radical (unpaired) electrons. The maximum absolute atomic E-state index is 6.80. The number of nitrogens with zero attached hydrogens (tertiary/aromatic N) is 3. The summed E-state index contributed by atoms with van der Waals surface area (Å²) in [7, 11) is 0. The van der Waals surface area contributed by atoms with Crippen LogP contribution in [0.1, 0.15) is 0 Å². The molecule has 0 bridgehead atoms. The maximum atomic E-state index is 6.80. The summed E-state index contributed by atoms with van der Waals surface area (Å²) in [5.74, 6) is 0. The minimum Gasteiger partial charge on any atom is -0.456 e. The van der Waals surface area contributed by atoms with Crippen LogP contribution in [0.3, 0.4) is 0 Å². The largest absolute Gasteiger partial charge is 0.456 e. The van der Waals surface area contributed by atoms with Crippen molar-refractivity contribution in [1.82, 2.24) is 4.98 Å². The summed E-state index contributed by atoms with van der Waals surface area (Å²) in [6.45, 7) is 0. The quantitative estimate of drug-likeness (QED) is 0.152. The first-order valence-electron chi connectivity index (χ1n) is 21.7. The molecule has 4 aromatic heterocycles. The van der Waals surface area contributed by atoms with E-state index in [4.69, 9.17) is 18.2 Å². The number of fused-ring (bicyclic) bond motifs is 9. The molecule has 13 aromatic rings. The zero-order valence-corrected chi connectivity index (χ0v) is 34.9. The second-order valence-electron chi connectivity index (χ2n) is 16.4. The Morgan fingerprint density at radius 1 is 0.262 bits per heavy atom. The van der Waals surface area contributed by atoms with Gasteiger partial charge < -0.3 is 23.1 Å². The highest BCUT2D eigenvalue weighted by Crippen LogP contribution is 2.44. The van der Waals surface area contributed by atoms with E-state index >= 15 is 0 Å². The van der Waals surface area contributed by atoms with Crippen molar-refractivity contribution >= 4 is 100 Å². The van der Waals surface area contributed by atoms with Crippen LogP contribution in [0, 0.1) is 0 Å². The van der Waals surface area contributed by atoms with E-state index in [1.165, 1.54) is 5.56 Å². The molecule has 0 spiro atoms. The van der Waals surface area contributed by atoms with Crippen molar-refractivity contribution in [2.24, 2.45) is 0 Å². The smallest absolute Gasteiger partial charge is 0.155 e. The topological polar surface area (TPSA) is 58.8 Å². The van der Waals surface area contributed by atoms with E-state index in [1.807, 2.05) is 54.7 Å². The van der Waals surface area contributed by atoms with Crippen molar-refractivity contribution in [2.45, 2.75) is 0 Å². The lowest BCUT2D eigenvalue weighted by Gasteiger charge is -2.25. The Hall–Kier alpha value is -8.87. The van der Waals surface area contributed by atoms with Crippen LogP contribution in [-0.4, -0.2) is 4.98 Å². The number of aromatic nitrogens is 1. The fraction of sp³-hybridized carbons (Fsp3) is 0. The number of rotatable bonds is 8. The lowest BCUT2D eigenvalue weighted by atomic mass is 10.0. The molecule has 4 heterocycles. The van der Waals surface area contributed by atoms with Gasteiger partial charge in [0.25, 0.3) is 0 Å². The van der Waals surface area contributed by atoms with Gasteiger partial charge in [-0.15, -0.1) is 0 Å². The molecule has 0 N–H and O–H groups in total. The minimum absolute atomic E-state index is 0.688. The van der Waals surface area contributed by atoms with E-state index in [-0.39, 0.29) is 0 Å². The summed E-state index contributed by atoms with van der Waals surface area (Å²) in [5.41, 5.74) is 15.9. The van der Waals surface area contributed by atoms with Crippen molar-refractivity contribution in [3.05, 3.63) is 225 Å². The predicted molar refractivity (Wildman–Crippen MR) is 266 cm³/mol. The van der Waals surface area contributed by atoms with Crippen LogP contribution in [-0.2, 0) is 0 Å². The van der Waals surface area contributed by atoms with Gasteiger partial charge in [-0.1, -0.05) is 121 Å². The Morgan fingerprint density at radius 2 is 0.615 bits per heavy atom. The third-order valence-corrected chi connectivity index (χ3v) is 12.5. The Kier molecular flexibility index (Phi) is 8.42. The van der Waals surface area contributed by atoms with Gasteiger partial charge in [-0.3, -0.25) is 0 Å². The lowest BCUT2D eigenvalue weighted by molar-refractivity contribution is 0.668. The minimum atomic E-state index is 0.688. The van der Waals surface area contributed by atoms with Crippen molar-refractivity contribution in [2.75, 3.05) is 9.80 Å². The van der Waals surface area contributed by atoms with E-state index < -0.39 is 0 Å². The normalized spacial score (nSPS) is 11.7. The number of benzene rings is 9. The van der Waals surface area contributed by atoms with E-state index in [2.05, 4.69) is 180 Å². The van der Waals surface area contributed by atoms with Crippen molar-refractivity contribution in [3.63, 3.8) is 0 Å². The molecule has 0 atom stereocenters. The first-order valence-corrected chi connectivity index (χ1v) is 21.7. The van der Waals surface area contributed by atoms with Gasteiger partial charge >= 0.3 is 0 Å². The van der Waals surface area contributed by atoms with Crippen LogP contribution in [0.5, 0.6) is 0 Å². The first kappa shape index (κ1) is 36.8. The summed E-state index contributed by atoms with van der Waals surface area (Å²) >= 11 is 0. The van der Waals surface area contributed by atoms with Gasteiger partial charge in [-0.2, -0.15) is 0 Å². The molecule has 0 unspecified atom stereocenters. The van der Waals surface area contributed by atoms with Gasteiger partial charge in [-0.05, 0) is 95.1 Å². The summed E-state index contributed by atoms with van der Waals surface area (Å²) in [6, 6.07) is 75.9. The lowest BCUT2D eigenvalue weighted by Crippen LogP contribution is -2.10. The van der Waals surface area contributed by atoms with Gasteiger partial charge in [0.05, 0.1) is 11.9 Å². The molecule has 0 saturated carbocycles. The van der Waals surface area contributed by atoms with E-state index in [1.54, 1.807) is 0 Å². The highest BCUT2D eigenvalue weighted by Gasteiger charge is 2.21. The highest BCUT2D eigenvalue weighted by molar-refractivity contribution is 6.08. The number of furan rings is 3. The number of anilines is 6. The Morgan fingerprint density at radius 3 is 1.12 bits per heavy atom. The van der Waals surface area contributed by atoms with E-state index in [0.717, 1.165) is 111 Å². The molecular weight excluding hydrogens is 799 g/mol. The van der Waals surface area contributed by atoms with Gasteiger partial charge in [0.2, 0.25) is 0 Å². The molecule has 0 aliphatic carbocycles. The average molecular weight is 836 g/mol. The average Bonchev–Trinajstić information content (AvgIpc) is 4.05. The SMILES string of the molecule is c1ccc(-c2ccc(N(c3ccc4c(c3)oc3ccccc34)c3ccc4c(c3)oc3cc(N(c5ccc(-c6ccccc6)cc5)c5ccc6c(c5)oc5ccccc56)cnc34)cc2)cc1. The zero-order valence-electron chi connectivity index (χ0n) is 34.9. The van der Waals surface area contributed by atoms with Crippen LogP contribution >= 0.6 is 0 Å². The summed E-state index contributed by atoms with van der Waals surface area (Å²) in [5, 5.41) is 5.28. The number of para-hydroxylation sites is 2. The summed E-state index contributed by atoms with van der Waals surface area (Å²) in [4.78, 5) is 9.56. The summed E-state index contributed by atoms with van der Waals surface area (Å²) in [6.07, 6.45) is 1.93. The third kappa shape index (κ3) is 6.30. The second-order valence-corrected chi connectivity index (χ2v) is 16.4. The van der Waals surface area contributed by atoms with Crippen molar-refractivity contribution < 1.29 is 13.3 Å². The Labute approximate surface area is 373 Å². The molecule has 13 rings (SSSR count). The standard InChI is InChI=1S/C59H37N3O3/c1-3-11-38(12-4-1)40-19-23-42(24-20-40)61(44-27-30-50-48-15-7-9-17-53(48)63-55(50)33-44)45-29-32-52-57(35-45)65-58-36-47(37-60-59(52)58)62(43-25-21-41(22-26-43)39-13-5-2-6-14-39)46-28-31-51-49-16-8-10-18-54(49)64-56(51)34-46/h1-37H. The van der Waals surface area contributed by atoms with Crippen LogP contribution in [0.4, 0.5) is 34.1 Å². The third-order valence-electron chi connectivity index (χ3n) is 12.5. The van der Waals surface area contributed by atoms with Crippen molar-refractivity contribution in [3.8, 4) is 22.3 Å². The molecule has 9 aromatic carbocycles. The van der Waals surface area contributed by atoms with Crippen LogP contribution in [0.15, 0.2) is 238 Å². The molecule has 306 valence electrons. The predicted octanol–water partition coefficient (Wildman–Crippen LogP) is 17.1. The Bertz CT molecular complexity index is 3630. The van der Waals surface area contributed by atoms with Crippen LogP contribution in [0.2, 0.25) is 0 Å². The molecule has 0 saturated heterocycles. The van der Waals surface area contributed by atoms with Crippen LogP contribution in [0.25, 0.3) is 88.2 Å². The second kappa shape index (κ2) is 14.9. The Balaban J connectivity index is 0.929. The number of hydrogen-bond acceptors (Lipinski definition) is 6. The first-order chi connectivity index (χ1) is 32.2. The fourth-order valence-corrected chi connectivity index (χ4v) is 9.35. The number of pyridine rings is 1. The number of hydrogen-bond donors (Lipinski definition) is 0. The molecule has 0 amide bonds. The molecule has 65 heavy (non-hydrogen) atoms. The molecule has 0 aliphatic rings. The van der Waals surface area contributed by atoms with Gasteiger partial charge in [0.1, 0.15) is 33.4 Å². The van der Waals surface area contributed by atoms with Gasteiger partial charge in [-0.25, -0.2) is 4.98 Å². The van der Waals surface area contributed by atoms with E-state index in [0.29, 0.717) is 5.58 Å². The maximum Gasteiger partial charge on any atom is 0.155 e. The molecule has 6 nitrogen and oxygen atoms in total. The van der Waals surface area contributed by atoms with Crippen LogP contribution < -0.4 is 9.80 Å². The zero-order chi connectivity index (χ0) is 42.8. The molecular formula is C59H37N3O3. The van der Waals surface area contributed by atoms with Gasteiger partial charge in [0.15, 0.2) is 5.58 Å². The fourth-order valence-electron chi connectivity index (χ4n) is 9.35. The molecule has 6 heteroatoms. The van der Waals surface area contributed by atoms with E-state index in [9.17, 15) is 0 Å². The summed E-state index contributed by atoms with van der Waals surface area (Å²) < 4.78 is 19.6. The van der Waals surface area contributed by atoms with Crippen molar-refractivity contribution in [1.29, 1.82) is 0 Å². The highest BCUT2D eigenvalue weighted by atomic mass is 16.3. The molecule has 0 fully saturated rings. The van der Waals surface area contributed by atoms with Gasteiger partial charge in [0, 0.05) is 79.6 Å².